The normalized spacial score (nSPS) is 11.6. The molecule has 0 saturated heterocycles. The summed E-state index contributed by atoms with van der Waals surface area (Å²) in [5, 5.41) is 0. The third-order valence-electron chi connectivity index (χ3n) is 3.82. The highest BCUT2D eigenvalue weighted by Crippen LogP contribution is 2.24. The Morgan fingerprint density at radius 1 is 0.364 bits per heavy atom. The van der Waals surface area contributed by atoms with Gasteiger partial charge in [-0.2, -0.15) is 0 Å². The Morgan fingerprint density at radius 3 is 1.14 bits per heavy atom. The summed E-state index contributed by atoms with van der Waals surface area (Å²) < 4.78 is 0. The Balaban J connectivity index is 2.00. The molecule has 102 valence electrons. The van der Waals surface area contributed by atoms with Crippen LogP contribution in [0.2, 0.25) is 0 Å². The van der Waals surface area contributed by atoms with Crippen molar-refractivity contribution >= 4 is 44.1 Å². The summed E-state index contributed by atoms with van der Waals surface area (Å²) in [6.45, 7) is 0. The molecule has 0 amide bonds. The van der Waals surface area contributed by atoms with E-state index in [1.54, 1.807) is 0 Å². The zero-order chi connectivity index (χ0) is 14.5. The van der Waals surface area contributed by atoms with Crippen molar-refractivity contribution in [2.45, 2.75) is 0 Å². The molecule has 0 spiro atoms. The maximum atomic E-state index is 4.75. The van der Waals surface area contributed by atoms with Crippen molar-refractivity contribution < 1.29 is 0 Å². The molecule has 0 bridgehead atoms. The molecule has 0 radical (unpaired) electrons. The largest absolute Gasteiger partial charge is 0.244 e. The predicted octanol–water partition coefficient (Wildman–Crippen LogP) is 3.88. The van der Waals surface area contributed by atoms with Crippen LogP contribution in [0.4, 0.5) is 0 Å². The minimum Gasteiger partial charge on any atom is -0.244 e. The number of para-hydroxylation sites is 4. The second-order valence-corrected chi connectivity index (χ2v) is 5.23. The number of fused-ring (bicyclic) bond motifs is 5. The van der Waals surface area contributed by atoms with Crippen LogP contribution in [0.1, 0.15) is 0 Å². The SMILES string of the molecule is c1ccc2nc3c(ccc4nc5ccccc5nc43)nc2c1. The average molecular weight is 282 g/mol. The molecular formula is C18H10N4. The molecule has 22 heavy (non-hydrogen) atoms. The number of benzene rings is 3. The molecule has 3 aromatic carbocycles. The maximum Gasteiger partial charge on any atom is 0.117 e. The lowest BCUT2D eigenvalue weighted by Crippen LogP contribution is -1.93. The fourth-order valence-electron chi connectivity index (χ4n) is 2.77. The third-order valence-corrected chi connectivity index (χ3v) is 3.82. The van der Waals surface area contributed by atoms with Gasteiger partial charge in [-0.05, 0) is 36.4 Å². The minimum absolute atomic E-state index is 0.800. The number of hydrogen-bond donors (Lipinski definition) is 0. The second-order valence-electron chi connectivity index (χ2n) is 5.23. The first-order chi connectivity index (χ1) is 10.9. The van der Waals surface area contributed by atoms with Crippen molar-refractivity contribution in [3.8, 4) is 0 Å². The topological polar surface area (TPSA) is 51.6 Å². The van der Waals surface area contributed by atoms with Crippen LogP contribution in [0.5, 0.6) is 0 Å². The van der Waals surface area contributed by atoms with Crippen LogP contribution in [0, 0.1) is 0 Å². The van der Waals surface area contributed by atoms with Gasteiger partial charge >= 0.3 is 0 Å². The van der Waals surface area contributed by atoms with Crippen LogP contribution < -0.4 is 0 Å². The lowest BCUT2D eigenvalue weighted by molar-refractivity contribution is 1.36. The Hall–Kier alpha value is -3.14. The van der Waals surface area contributed by atoms with Gasteiger partial charge in [-0.15, -0.1) is 0 Å². The molecular weight excluding hydrogens is 272 g/mol. The molecule has 0 aliphatic heterocycles. The van der Waals surface area contributed by atoms with Gasteiger partial charge in [0.2, 0.25) is 0 Å². The molecule has 5 rings (SSSR count). The van der Waals surface area contributed by atoms with Gasteiger partial charge in [-0.1, -0.05) is 24.3 Å². The summed E-state index contributed by atoms with van der Waals surface area (Å²) in [7, 11) is 0. The van der Waals surface area contributed by atoms with Crippen molar-refractivity contribution in [2.24, 2.45) is 0 Å². The molecule has 0 aliphatic rings. The van der Waals surface area contributed by atoms with Crippen LogP contribution in [-0.2, 0) is 0 Å². The van der Waals surface area contributed by atoms with Crippen LogP contribution in [0.25, 0.3) is 44.1 Å². The molecule has 0 saturated carbocycles. The number of rotatable bonds is 0. The van der Waals surface area contributed by atoms with Crippen molar-refractivity contribution in [3.63, 3.8) is 0 Å². The van der Waals surface area contributed by atoms with Crippen LogP contribution in [0.15, 0.2) is 60.7 Å². The van der Waals surface area contributed by atoms with Crippen molar-refractivity contribution in [2.75, 3.05) is 0 Å². The Labute approximate surface area is 125 Å². The smallest absolute Gasteiger partial charge is 0.117 e. The first kappa shape index (κ1) is 11.5. The summed E-state index contributed by atoms with van der Waals surface area (Å²) in [6.07, 6.45) is 0. The lowest BCUT2D eigenvalue weighted by Gasteiger charge is -2.05. The van der Waals surface area contributed by atoms with E-state index in [4.69, 9.17) is 9.97 Å². The summed E-state index contributed by atoms with van der Waals surface area (Å²) in [5.41, 5.74) is 6.82. The Kier molecular flexibility index (Phi) is 2.19. The Morgan fingerprint density at radius 2 is 0.727 bits per heavy atom. The zero-order valence-corrected chi connectivity index (χ0v) is 11.6. The van der Waals surface area contributed by atoms with Gasteiger partial charge in [0.05, 0.1) is 33.1 Å². The van der Waals surface area contributed by atoms with Gasteiger partial charge in [0.1, 0.15) is 11.0 Å². The van der Waals surface area contributed by atoms with E-state index in [0.29, 0.717) is 0 Å². The summed E-state index contributed by atoms with van der Waals surface area (Å²) in [6, 6.07) is 19.7. The second kappa shape index (κ2) is 4.18. The van der Waals surface area contributed by atoms with E-state index >= 15 is 0 Å². The number of hydrogen-bond acceptors (Lipinski definition) is 4. The first-order valence-electron chi connectivity index (χ1n) is 7.10. The van der Waals surface area contributed by atoms with Crippen LogP contribution in [-0.4, -0.2) is 19.9 Å². The molecule has 0 fully saturated rings. The van der Waals surface area contributed by atoms with E-state index in [1.165, 1.54) is 0 Å². The molecule has 4 heteroatoms. The highest BCUT2D eigenvalue weighted by molar-refractivity contribution is 6.04. The lowest BCUT2D eigenvalue weighted by atomic mass is 10.2. The fourth-order valence-corrected chi connectivity index (χ4v) is 2.77. The molecule has 0 unspecified atom stereocenters. The number of aromatic nitrogens is 4. The van der Waals surface area contributed by atoms with Gasteiger partial charge in [0, 0.05) is 0 Å². The van der Waals surface area contributed by atoms with E-state index in [0.717, 1.165) is 44.1 Å². The summed E-state index contributed by atoms with van der Waals surface area (Å²) in [5.74, 6) is 0. The fraction of sp³-hybridized carbons (Fsp3) is 0. The monoisotopic (exact) mass is 282 g/mol. The van der Waals surface area contributed by atoms with E-state index in [1.807, 2.05) is 60.7 Å². The molecule has 5 aromatic rings. The molecule has 0 atom stereocenters. The zero-order valence-electron chi connectivity index (χ0n) is 11.6. The van der Waals surface area contributed by atoms with Gasteiger partial charge < -0.3 is 0 Å². The van der Waals surface area contributed by atoms with E-state index in [-0.39, 0.29) is 0 Å². The minimum atomic E-state index is 0.800. The quantitative estimate of drug-likeness (QED) is 0.319. The molecule has 0 N–H and O–H groups in total. The van der Waals surface area contributed by atoms with E-state index in [9.17, 15) is 0 Å². The predicted molar refractivity (Wildman–Crippen MR) is 87.6 cm³/mol. The molecule has 4 nitrogen and oxygen atoms in total. The standard InChI is InChI=1S/C18H10N4/c1-3-7-13-11(5-1)19-15-9-10-16-18(17(15)21-13)22-14-8-4-2-6-12(14)20-16/h1-10H. The van der Waals surface area contributed by atoms with Crippen molar-refractivity contribution in [1.82, 2.24) is 19.9 Å². The van der Waals surface area contributed by atoms with Crippen LogP contribution in [0.3, 0.4) is 0 Å². The highest BCUT2D eigenvalue weighted by atomic mass is 14.9. The highest BCUT2D eigenvalue weighted by Gasteiger charge is 2.09. The van der Waals surface area contributed by atoms with Gasteiger partial charge in [-0.25, -0.2) is 19.9 Å². The third kappa shape index (κ3) is 1.58. The summed E-state index contributed by atoms with van der Waals surface area (Å²) in [4.78, 5) is 18.9. The van der Waals surface area contributed by atoms with Gasteiger partial charge in [0.25, 0.3) is 0 Å². The molecule has 2 aromatic heterocycles. The van der Waals surface area contributed by atoms with Crippen LogP contribution >= 0.6 is 0 Å². The van der Waals surface area contributed by atoms with Gasteiger partial charge in [0.15, 0.2) is 0 Å². The maximum absolute atomic E-state index is 4.75. The van der Waals surface area contributed by atoms with Crippen molar-refractivity contribution in [3.05, 3.63) is 60.7 Å². The Bertz CT molecular complexity index is 1090. The average Bonchev–Trinajstić information content (AvgIpc) is 2.58. The molecule has 2 heterocycles. The van der Waals surface area contributed by atoms with E-state index < -0.39 is 0 Å². The number of nitrogens with zero attached hydrogens (tertiary/aromatic N) is 4. The molecule has 0 aliphatic carbocycles. The first-order valence-corrected chi connectivity index (χ1v) is 7.10. The summed E-state index contributed by atoms with van der Waals surface area (Å²) >= 11 is 0. The van der Waals surface area contributed by atoms with E-state index in [2.05, 4.69) is 9.97 Å². The van der Waals surface area contributed by atoms with Crippen molar-refractivity contribution in [1.29, 1.82) is 0 Å². The van der Waals surface area contributed by atoms with Gasteiger partial charge in [-0.3, -0.25) is 0 Å².